The molecule has 0 spiro atoms. The maximum Gasteiger partial charge on any atom is 0.122 e. The molecular weight excluding hydrogens is 176 g/mol. The van der Waals surface area contributed by atoms with E-state index in [0.29, 0.717) is 6.73 Å². The molecule has 0 aliphatic carbocycles. The largest absolute Gasteiger partial charge is 0.361 e. The minimum absolute atomic E-state index is 0.657. The zero-order valence-electron chi connectivity index (χ0n) is 9.12. The number of hydrogen-bond acceptors (Lipinski definition) is 2. The van der Waals surface area contributed by atoms with E-state index in [1.165, 1.54) is 12.0 Å². The highest BCUT2D eigenvalue weighted by Gasteiger charge is 1.95. The van der Waals surface area contributed by atoms with Crippen molar-refractivity contribution in [1.29, 1.82) is 0 Å². The van der Waals surface area contributed by atoms with Gasteiger partial charge in [0.25, 0.3) is 0 Å². The Morgan fingerprint density at radius 3 is 3.00 bits per heavy atom. The van der Waals surface area contributed by atoms with Crippen LogP contribution in [0.1, 0.15) is 25.8 Å². The zero-order valence-corrected chi connectivity index (χ0v) is 9.12. The molecule has 1 aromatic heterocycles. The van der Waals surface area contributed by atoms with E-state index in [4.69, 9.17) is 4.74 Å². The number of ether oxygens (including phenoxy) is 1. The third kappa shape index (κ3) is 3.94. The molecule has 0 aromatic carbocycles. The SMILES string of the molecule is CCCNCc1ccn(COCC)c1. The molecule has 3 heteroatoms. The Morgan fingerprint density at radius 2 is 2.29 bits per heavy atom. The minimum Gasteiger partial charge on any atom is -0.361 e. The number of aromatic nitrogens is 1. The molecule has 0 aliphatic heterocycles. The third-order valence-corrected chi connectivity index (χ3v) is 2.01. The molecule has 0 aliphatic rings. The first-order valence-corrected chi connectivity index (χ1v) is 5.30. The lowest BCUT2D eigenvalue weighted by Crippen LogP contribution is -2.13. The molecule has 3 nitrogen and oxygen atoms in total. The van der Waals surface area contributed by atoms with Crippen LogP contribution in [0.3, 0.4) is 0 Å². The minimum atomic E-state index is 0.657. The van der Waals surface area contributed by atoms with Gasteiger partial charge in [-0.1, -0.05) is 6.92 Å². The van der Waals surface area contributed by atoms with Crippen LogP contribution in [0.2, 0.25) is 0 Å². The fourth-order valence-electron chi connectivity index (χ4n) is 1.28. The van der Waals surface area contributed by atoms with Crippen molar-refractivity contribution in [2.45, 2.75) is 33.5 Å². The van der Waals surface area contributed by atoms with Gasteiger partial charge < -0.3 is 14.6 Å². The van der Waals surface area contributed by atoms with E-state index in [0.717, 1.165) is 19.7 Å². The molecule has 0 bridgehead atoms. The molecular formula is C11H20N2O. The molecule has 80 valence electrons. The fourth-order valence-corrected chi connectivity index (χ4v) is 1.28. The van der Waals surface area contributed by atoms with Crippen LogP contribution in [-0.2, 0) is 18.0 Å². The molecule has 0 atom stereocenters. The quantitative estimate of drug-likeness (QED) is 0.675. The van der Waals surface area contributed by atoms with E-state index in [-0.39, 0.29) is 0 Å². The summed E-state index contributed by atoms with van der Waals surface area (Å²) in [5, 5.41) is 3.37. The van der Waals surface area contributed by atoms with Gasteiger partial charge in [-0.15, -0.1) is 0 Å². The summed E-state index contributed by atoms with van der Waals surface area (Å²) in [6.45, 7) is 7.63. The molecule has 1 heterocycles. The standard InChI is InChI=1S/C11H20N2O/c1-3-6-12-8-11-5-7-13(9-11)10-14-4-2/h5,7,9,12H,3-4,6,8,10H2,1-2H3. The van der Waals surface area contributed by atoms with Crippen LogP contribution < -0.4 is 5.32 Å². The fraction of sp³-hybridized carbons (Fsp3) is 0.636. The summed E-state index contributed by atoms with van der Waals surface area (Å²) in [7, 11) is 0. The summed E-state index contributed by atoms with van der Waals surface area (Å²) in [6, 6.07) is 2.13. The van der Waals surface area contributed by atoms with Gasteiger partial charge in [0.15, 0.2) is 0 Å². The Balaban J connectivity index is 2.27. The van der Waals surface area contributed by atoms with Gasteiger partial charge in [0.2, 0.25) is 0 Å². The summed E-state index contributed by atoms with van der Waals surface area (Å²) in [4.78, 5) is 0. The molecule has 1 rings (SSSR count). The molecule has 1 N–H and O–H groups in total. The first kappa shape index (κ1) is 11.3. The van der Waals surface area contributed by atoms with Crippen molar-refractivity contribution in [1.82, 2.24) is 9.88 Å². The summed E-state index contributed by atoms with van der Waals surface area (Å²) >= 11 is 0. The van der Waals surface area contributed by atoms with Crippen LogP contribution in [-0.4, -0.2) is 17.7 Å². The van der Waals surface area contributed by atoms with Gasteiger partial charge in [-0.25, -0.2) is 0 Å². The van der Waals surface area contributed by atoms with Crippen molar-refractivity contribution >= 4 is 0 Å². The number of nitrogens with zero attached hydrogens (tertiary/aromatic N) is 1. The second-order valence-corrected chi connectivity index (χ2v) is 3.33. The molecule has 0 radical (unpaired) electrons. The summed E-state index contributed by atoms with van der Waals surface area (Å²) in [6.07, 6.45) is 5.36. The first-order valence-electron chi connectivity index (χ1n) is 5.30. The Kier molecular flexibility index (Phi) is 5.33. The normalized spacial score (nSPS) is 10.7. The summed E-state index contributed by atoms with van der Waals surface area (Å²) < 4.78 is 7.36. The van der Waals surface area contributed by atoms with Gasteiger partial charge in [0, 0.05) is 25.5 Å². The first-order chi connectivity index (χ1) is 6.86. The Labute approximate surface area is 86.1 Å². The van der Waals surface area contributed by atoms with E-state index in [1.54, 1.807) is 0 Å². The predicted molar refractivity (Wildman–Crippen MR) is 58.1 cm³/mol. The monoisotopic (exact) mass is 196 g/mol. The van der Waals surface area contributed by atoms with E-state index in [1.807, 2.05) is 6.92 Å². The Morgan fingerprint density at radius 1 is 1.43 bits per heavy atom. The molecule has 0 amide bonds. The smallest absolute Gasteiger partial charge is 0.122 e. The highest BCUT2D eigenvalue weighted by Crippen LogP contribution is 2.01. The second kappa shape index (κ2) is 6.62. The van der Waals surface area contributed by atoms with Gasteiger partial charge >= 0.3 is 0 Å². The van der Waals surface area contributed by atoms with Crippen molar-refractivity contribution in [3.8, 4) is 0 Å². The predicted octanol–water partition coefficient (Wildman–Crippen LogP) is 1.98. The highest BCUT2D eigenvalue weighted by molar-refractivity contribution is 5.09. The van der Waals surface area contributed by atoms with Gasteiger partial charge in [-0.05, 0) is 31.5 Å². The summed E-state index contributed by atoms with van der Waals surface area (Å²) in [5.74, 6) is 0. The Hall–Kier alpha value is -0.800. The molecule has 0 fully saturated rings. The summed E-state index contributed by atoms with van der Waals surface area (Å²) in [5.41, 5.74) is 1.32. The van der Waals surface area contributed by atoms with Crippen molar-refractivity contribution in [3.05, 3.63) is 24.0 Å². The van der Waals surface area contributed by atoms with E-state index in [2.05, 4.69) is 35.3 Å². The van der Waals surface area contributed by atoms with Crippen molar-refractivity contribution in [3.63, 3.8) is 0 Å². The zero-order chi connectivity index (χ0) is 10.2. The molecule has 1 aromatic rings. The highest BCUT2D eigenvalue weighted by atomic mass is 16.5. The van der Waals surface area contributed by atoms with Crippen LogP contribution in [0.25, 0.3) is 0 Å². The maximum absolute atomic E-state index is 5.30. The average molecular weight is 196 g/mol. The van der Waals surface area contributed by atoms with Crippen molar-refractivity contribution in [2.75, 3.05) is 13.2 Å². The van der Waals surface area contributed by atoms with Gasteiger partial charge in [-0.2, -0.15) is 0 Å². The number of rotatable bonds is 7. The van der Waals surface area contributed by atoms with Crippen LogP contribution in [0.15, 0.2) is 18.5 Å². The van der Waals surface area contributed by atoms with E-state index < -0.39 is 0 Å². The maximum atomic E-state index is 5.30. The Bertz CT molecular complexity index is 245. The number of hydrogen-bond donors (Lipinski definition) is 1. The lowest BCUT2D eigenvalue weighted by atomic mass is 10.3. The van der Waals surface area contributed by atoms with Crippen molar-refractivity contribution in [2.24, 2.45) is 0 Å². The lowest BCUT2D eigenvalue weighted by molar-refractivity contribution is 0.0880. The molecule has 0 saturated heterocycles. The van der Waals surface area contributed by atoms with Crippen LogP contribution >= 0.6 is 0 Å². The lowest BCUT2D eigenvalue weighted by Gasteiger charge is -2.02. The molecule has 0 saturated carbocycles. The second-order valence-electron chi connectivity index (χ2n) is 3.33. The third-order valence-electron chi connectivity index (χ3n) is 2.01. The van der Waals surface area contributed by atoms with Crippen LogP contribution in [0.4, 0.5) is 0 Å². The van der Waals surface area contributed by atoms with Gasteiger partial charge in [0.05, 0.1) is 0 Å². The van der Waals surface area contributed by atoms with Crippen LogP contribution in [0.5, 0.6) is 0 Å². The van der Waals surface area contributed by atoms with E-state index >= 15 is 0 Å². The van der Waals surface area contributed by atoms with Gasteiger partial charge in [0.1, 0.15) is 6.73 Å². The molecule has 14 heavy (non-hydrogen) atoms. The average Bonchev–Trinajstić information content (AvgIpc) is 2.63. The number of nitrogens with one attached hydrogen (secondary N) is 1. The topological polar surface area (TPSA) is 26.2 Å². The van der Waals surface area contributed by atoms with Crippen molar-refractivity contribution < 1.29 is 4.74 Å². The van der Waals surface area contributed by atoms with Crippen LogP contribution in [0, 0.1) is 0 Å². The van der Waals surface area contributed by atoms with Gasteiger partial charge in [-0.3, -0.25) is 0 Å². The molecule has 0 unspecified atom stereocenters. The van der Waals surface area contributed by atoms with E-state index in [9.17, 15) is 0 Å².